The fourth-order valence-electron chi connectivity index (χ4n) is 2.52. The van der Waals surface area contributed by atoms with E-state index >= 15 is 0 Å². The molecule has 110 valence electrons. The minimum Gasteiger partial charge on any atom is -0.490 e. The van der Waals surface area contributed by atoms with Gasteiger partial charge in [-0.2, -0.15) is 4.52 Å². The van der Waals surface area contributed by atoms with Crippen molar-refractivity contribution in [2.45, 2.75) is 6.42 Å². The number of ether oxygens (including phenoxy) is 1. The maximum atomic E-state index is 6.11. The van der Waals surface area contributed by atoms with Crippen LogP contribution in [0, 0.1) is 0 Å². The Morgan fingerprint density at radius 2 is 2.09 bits per heavy atom. The second kappa shape index (κ2) is 5.03. The number of benzene rings is 1. The molecular formula is C16H13ClN4O. The van der Waals surface area contributed by atoms with Crippen LogP contribution in [0.2, 0.25) is 5.02 Å². The van der Waals surface area contributed by atoms with Gasteiger partial charge >= 0.3 is 0 Å². The Hall–Kier alpha value is -2.53. The molecule has 0 amide bonds. The first-order valence-electron chi connectivity index (χ1n) is 6.96. The SMILES string of the molecule is Nc1cc(-c2cccc(Cl)c2)cc2nc(C3=CCCO3)nn12. The number of hydrogen-bond acceptors (Lipinski definition) is 4. The lowest BCUT2D eigenvalue weighted by molar-refractivity contribution is 0.305. The average Bonchev–Trinajstić information content (AvgIpc) is 3.16. The smallest absolute Gasteiger partial charge is 0.217 e. The van der Waals surface area contributed by atoms with Crippen molar-refractivity contribution in [1.82, 2.24) is 14.6 Å². The number of nitrogens with two attached hydrogens (primary N) is 1. The van der Waals surface area contributed by atoms with Crippen LogP contribution >= 0.6 is 11.6 Å². The molecule has 5 nitrogen and oxygen atoms in total. The monoisotopic (exact) mass is 312 g/mol. The predicted octanol–water partition coefficient (Wildman–Crippen LogP) is 3.39. The first-order valence-corrected chi connectivity index (χ1v) is 7.34. The van der Waals surface area contributed by atoms with Crippen LogP contribution in [0.1, 0.15) is 12.2 Å². The summed E-state index contributed by atoms with van der Waals surface area (Å²) in [6.45, 7) is 0.675. The van der Waals surface area contributed by atoms with Crippen LogP contribution in [0.5, 0.6) is 0 Å². The third-order valence-electron chi connectivity index (χ3n) is 3.55. The normalized spacial score (nSPS) is 14.1. The van der Waals surface area contributed by atoms with Crippen LogP contribution in [0.3, 0.4) is 0 Å². The molecule has 1 aliphatic heterocycles. The Kier molecular flexibility index (Phi) is 3.01. The summed E-state index contributed by atoms with van der Waals surface area (Å²) in [5, 5.41) is 5.09. The molecule has 0 atom stereocenters. The highest BCUT2D eigenvalue weighted by Crippen LogP contribution is 2.27. The van der Waals surface area contributed by atoms with E-state index in [1.54, 1.807) is 4.52 Å². The summed E-state index contributed by atoms with van der Waals surface area (Å²) in [6.07, 6.45) is 2.87. The van der Waals surface area contributed by atoms with E-state index < -0.39 is 0 Å². The number of fused-ring (bicyclic) bond motifs is 1. The molecule has 3 aromatic rings. The second-order valence-corrected chi connectivity index (χ2v) is 5.53. The molecule has 0 spiro atoms. The zero-order valence-electron chi connectivity index (χ0n) is 11.7. The van der Waals surface area contributed by atoms with Gasteiger partial charge in [0.1, 0.15) is 5.82 Å². The van der Waals surface area contributed by atoms with Crippen molar-refractivity contribution < 1.29 is 4.74 Å². The van der Waals surface area contributed by atoms with Crippen molar-refractivity contribution in [2.75, 3.05) is 12.3 Å². The maximum absolute atomic E-state index is 6.11. The van der Waals surface area contributed by atoms with Crippen molar-refractivity contribution >= 4 is 28.8 Å². The Labute approximate surface area is 132 Å². The third-order valence-corrected chi connectivity index (χ3v) is 3.78. The van der Waals surface area contributed by atoms with Gasteiger partial charge < -0.3 is 10.5 Å². The highest BCUT2D eigenvalue weighted by molar-refractivity contribution is 6.30. The van der Waals surface area contributed by atoms with Crippen molar-refractivity contribution in [3.63, 3.8) is 0 Å². The maximum Gasteiger partial charge on any atom is 0.217 e. The molecule has 0 aliphatic carbocycles. The van der Waals surface area contributed by atoms with Gasteiger partial charge in [0.15, 0.2) is 11.4 Å². The van der Waals surface area contributed by atoms with Crippen molar-refractivity contribution in [1.29, 1.82) is 0 Å². The summed E-state index contributed by atoms with van der Waals surface area (Å²) < 4.78 is 7.12. The number of aromatic nitrogens is 3. The average molecular weight is 313 g/mol. The summed E-state index contributed by atoms with van der Waals surface area (Å²) >= 11 is 6.05. The summed E-state index contributed by atoms with van der Waals surface area (Å²) in [5.41, 5.74) is 8.73. The molecule has 22 heavy (non-hydrogen) atoms. The van der Waals surface area contributed by atoms with Crippen LogP contribution in [-0.4, -0.2) is 21.2 Å². The van der Waals surface area contributed by atoms with E-state index in [4.69, 9.17) is 22.1 Å². The Balaban J connectivity index is 1.85. The van der Waals surface area contributed by atoms with E-state index in [0.29, 0.717) is 34.7 Å². The molecule has 0 saturated heterocycles. The van der Waals surface area contributed by atoms with Crippen LogP contribution in [0.25, 0.3) is 22.5 Å². The van der Waals surface area contributed by atoms with Gasteiger partial charge in [-0.3, -0.25) is 0 Å². The summed E-state index contributed by atoms with van der Waals surface area (Å²) in [5.74, 6) is 1.80. The lowest BCUT2D eigenvalue weighted by atomic mass is 10.1. The molecule has 0 radical (unpaired) electrons. The van der Waals surface area contributed by atoms with Crippen LogP contribution in [0.4, 0.5) is 5.82 Å². The summed E-state index contributed by atoms with van der Waals surface area (Å²) in [7, 11) is 0. The quantitative estimate of drug-likeness (QED) is 0.787. The zero-order chi connectivity index (χ0) is 15.1. The third kappa shape index (κ3) is 2.19. The lowest BCUT2D eigenvalue weighted by Gasteiger charge is -2.05. The van der Waals surface area contributed by atoms with E-state index in [1.165, 1.54) is 0 Å². The van der Waals surface area contributed by atoms with Gasteiger partial charge in [0, 0.05) is 11.4 Å². The lowest BCUT2D eigenvalue weighted by Crippen LogP contribution is -1.99. The highest BCUT2D eigenvalue weighted by Gasteiger charge is 2.16. The standard InChI is InChI=1S/C16H13ClN4O/c17-12-4-1-3-10(7-12)11-8-14(18)21-15(9-11)19-16(20-21)13-5-2-6-22-13/h1,3-5,7-9H,2,6,18H2. The van der Waals surface area contributed by atoms with E-state index in [0.717, 1.165) is 17.5 Å². The summed E-state index contributed by atoms with van der Waals surface area (Å²) in [6, 6.07) is 11.4. The molecule has 0 bridgehead atoms. The number of nitrogen functional groups attached to an aromatic ring is 1. The minimum atomic E-state index is 0.518. The molecule has 2 N–H and O–H groups in total. The predicted molar refractivity (Wildman–Crippen MR) is 86.4 cm³/mol. The number of hydrogen-bond donors (Lipinski definition) is 1. The molecule has 6 heteroatoms. The first-order chi connectivity index (χ1) is 10.7. The first kappa shape index (κ1) is 13.2. The van der Waals surface area contributed by atoms with Crippen molar-refractivity contribution in [3.05, 3.63) is 53.3 Å². The molecule has 1 aromatic carbocycles. The fraction of sp³-hybridized carbons (Fsp3) is 0.125. The number of pyridine rings is 1. The second-order valence-electron chi connectivity index (χ2n) is 5.09. The van der Waals surface area contributed by atoms with Gasteiger partial charge in [0.05, 0.1) is 6.61 Å². The van der Waals surface area contributed by atoms with Crippen LogP contribution in [0.15, 0.2) is 42.5 Å². The van der Waals surface area contributed by atoms with Gasteiger partial charge in [-0.05, 0) is 41.5 Å². The Bertz CT molecular complexity index is 900. The molecule has 2 aromatic heterocycles. The molecule has 3 heterocycles. The molecule has 1 aliphatic rings. The molecule has 0 saturated carbocycles. The molecule has 4 rings (SSSR count). The minimum absolute atomic E-state index is 0.518. The largest absolute Gasteiger partial charge is 0.490 e. The van der Waals surface area contributed by atoms with Gasteiger partial charge in [-0.25, -0.2) is 4.98 Å². The van der Waals surface area contributed by atoms with Gasteiger partial charge in [0.2, 0.25) is 5.82 Å². The van der Waals surface area contributed by atoms with Gasteiger partial charge in [-0.15, -0.1) is 5.10 Å². The van der Waals surface area contributed by atoms with E-state index in [2.05, 4.69) is 10.1 Å². The molecule has 0 fully saturated rings. The van der Waals surface area contributed by atoms with E-state index in [1.807, 2.05) is 42.5 Å². The highest BCUT2D eigenvalue weighted by atomic mass is 35.5. The number of anilines is 1. The van der Waals surface area contributed by atoms with E-state index in [9.17, 15) is 0 Å². The van der Waals surface area contributed by atoms with Gasteiger partial charge in [-0.1, -0.05) is 23.7 Å². The van der Waals surface area contributed by atoms with E-state index in [-0.39, 0.29) is 0 Å². The molecule has 0 unspecified atom stereocenters. The van der Waals surface area contributed by atoms with Crippen molar-refractivity contribution in [3.8, 4) is 11.1 Å². The number of rotatable bonds is 2. The molecular weight excluding hydrogens is 300 g/mol. The van der Waals surface area contributed by atoms with Crippen molar-refractivity contribution in [2.24, 2.45) is 0 Å². The fourth-order valence-corrected chi connectivity index (χ4v) is 2.71. The van der Waals surface area contributed by atoms with Crippen LogP contribution in [-0.2, 0) is 4.74 Å². The topological polar surface area (TPSA) is 65.4 Å². The Morgan fingerprint density at radius 1 is 1.18 bits per heavy atom. The summed E-state index contributed by atoms with van der Waals surface area (Å²) in [4.78, 5) is 4.51. The Morgan fingerprint density at radius 3 is 2.86 bits per heavy atom. The number of halogens is 1. The van der Waals surface area contributed by atoms with Crippen LogP contribution < -0.4 is 5.73 Å². The zero-order valence-corrected chi connectivity index (χ0v) is 12.4. The number of nitrogens with zero attached hydrogens (tertiary/aromatic N) is 3. The van der Waals surface area contributed by atoms with Gasteiger partial charge in [0.25, 0.3) is 0 Å².